The lowest BCUT2D eigenvalue weighted by Gasteiger charge is -2.13. The minimum absolute atomic E-state index is 0.415. The summed E-state index contributed by atoms with van der Waals surface area (Å²) >= 11 is 0. The number of H-pyrrole nitrogens is 1. The van der Waals surface area contributed by atoms with Crippen LogP contribution in [0.5, 0.6) is 0 Å². The van der Waals surface area contributed by atoms with Crippen molar-refractivity contribution in [3.63, 3.8) is 0 Å². The second kappa shape index (κ2) is 4.00. The number of nitrogens with zero attached hydrogens (tertiary/aromatic N) is 5. The van der Waals surface area contributed by atoms with Gasteiger partial charge in [-0.25, -0.2) is 9.56 Å². The van der Waals surface area contributed by atoms with E-state index in [0.717, 1.165) is 11.3 Å². The zero-order valence-corrected chi connectivity index (χ0v) is 10.3. The average molecular weight is 235 g/mol. The topological polar surface area (TPSA) is 74.8 Å². The molecule has 90 valence electrons. The van der Waals surface area contributed by atoms with Crippen LogP contribution in [-0.4, -0.2) is 54.3 Å². The number of pyridine rings is 1. The fourth-order valence-electron chi connectivity index (χ4n) is 1.66. The van der Waals surface area contributed by atoms with Crippen molar-refractivity contribution in [1.82, 2.24) is 15.3 Å². The van der Waals surface area contributed by atoms with Gasteiger partial charge in [0, 0.05) is 14.1 Å². The lowest BCUT2D eigenvalue weighted by atomic mass is 10.2. The molecule has 17 heavy (non-hydrogen) atoms. The van der Waals surface area contributed by atoms with Crippen molar-refractivity contribution in [2.24, 2.45) is 0 Å². The van der Waals surface area contributed by atoms with E-state index < -0.39 is 0 Å². The summed E-state index contributed by atoms with van der Waals surface area (Å²) in [6.45, 7) is 0. The van der Waals surface area contributed by atoms with Gasteiger partial charge in [-0.3, -0.25) is 0 Å². The van der Waals surface area contributed by atoms with Gasteiger partial charge in [-0.1, -0.05) is 5.21 Å². The number of nitrogens with one attached hydrogen (secondary N) is 1. The van der Waals surface area contributed by atoms with Crippen LogP contribution in [-0.2, 0) is 0 Å². The van der Waals surface area contributed by atoms with Crippen LogP contribution in [0.4, 0.5) is 5.69 Å². The molecule has 0 aliphatic heterocycles. The van der Waals surface area contributed by atoms with Gasteiger partial charge in [-0.2, -0.15) is 0 Å². The van der Waals surface area contributed by atoms with E-state index in [9.17, 15) is 5.21 Å². The Balaban J connectivity index is 2.83. The molecule has 0 amide bonds. The van der Waals surface area contributed by atoms with Crippen LogP contribution in [0, 0.1) is 5.21 Å². The summed E-state index contributed by atoms with van der Waals surface area (Å²) in [5.74, 6) is 0. The van der Waals surface area contributed by atoms with Crippen LogP contribution in [0.3, 0.4) is 0 Å². The van der Waals surface area contributed by atoms with E-state index in [-0.39, 0.29) is 0 Å². The van der Waals surface area contributed by atoms with Crippen molar-refractivity contribution in [2.75, 3.05) is 33.1 Å². The van der Waals surface area contributed by atoms with Crippen LogP contribution in [0.1, 0.15) is 5.56 Å². The van der Waals surface area contributed by atoms with Gasteiger partial charge in [0.05, 0.1) is 17.0 Å². The number of aromatic nitrogens is 4. The Morgan fingerprint density at radius 2 is 2.18 bits per heavy atom. The quantitative estimate of drug-likeness (QED) is 0.426. The molecule has 0 unspecified atom stereocenters. The van der Waals surface area contributed by atoms with Crippen LogP contribution in [0.2, 0.25) is 0 Å². The lowest BCUT2D eigenvalue weighted by molar-refractivity contribution is -0.644. The molecule has 2 aromatic rings. The second-order valence-electron chi connectivity index (χ2n) is 4.22. The van der Waals surface area contributed by atoms with E-state index >= 15 is 0 Å². The molecule has 0 spiro atoms. The maximum Gasteiger partial charge on any atom is 0.342 e. The van der Waals surface area contributed by atoms with Crippen LogP contribution >= 0.6 is 0 Å². The third kappa shape index (κ3) is 1.91. The van der Waals surface area contributed by atoms with Gasteiger partial charge in [-0.15, -0.1) is 4.85 Å². The van der Waals surface area contributed by atoms with E-state index in [1.54, 1.807) is 6.20 Å². The molecule has 7 nitrogen and oxygen atoms in total. The molecule has 0 radical (unpaired) electrons. The molecule has 1 N–H and O–H groups in total. The molecule has 0 aromatic carbocycles. The van der Waals surface area contributed by atoms with E-state index in [4.69, 9.17) is 0 Å². The Bertz CT molecular complexity index is 582. The summed E-state index contributed by atoms with van der Waals surface area (Å²) in [4.78, 5) is 6.69. The van der Waals surface area contributed by atoms with Crippen molar-refractivity contribution >= 4 is 23.1 Å². The summed E-state index contributed by atoms with van der Waals surface area (Å²) in [7, 11) is 7.62. The molecule has 0 saturated heterocycles. The molecule has 2 aromatic heterocycles. The Kier molecular flexibility index (Phi) is 2.66. The van der Waals surface area contributed by atoms with Gasteiger partial charge in [0.15, 0.2) is 6.21 Å². The third-order valence-electron chi connectivity index (χ3n) is 2.37. The van der Waals surface area contributed by atoms with E-state index in [1.807, 2.05) is 43.9 Å². The molecule has 0 aliphatic rings. The summed E-state index contributed by atoms with van der Waals surface area (Å²) in [6.07, 6.45) is 3.59. The summed E-state index contributed by atoms with van der Waals surface area (Å²) in [6, 6.07) is 0. The largest absolute Gasteiger partial charge is 0.692 e. The predicted molar refractivity (Wildman–Crippen MR) is 64.5 cm³/mol. The zero-order chi connectivity index (χ0) is 12.6. The SMILES string of the molecule is CN(C)c1cnc2n[nH][n+]([O-])c2c1C=[N+](C)C. The molecule has 2 rings (SSSR count). The zero-order valence-electron chi connectivity index (χ0n) is 10.3. The maximum absolute atomic E-state index is 11.7. The van der Waals surface area contributed by atoms with Gasteiger partial charge < -0.3 is 10.1 Å². The highest BCUT2D eigenvalue weighted by molar-refractivity contribution is 5.97. The molecule has 0 atom stereocenters. The first kappa shape index (κ1) is 11.3. The van der Waals surface area contributed by atoms with Crippen LogP contribution in [0.25, 0.3) is 11.2 Å². The first-order valence-electron chi connectivity index (χ1n) is 5.16. The Morgan fingerprint density at radius 1 is 1.47 bits per heavy atom. The van der Waals surface area contributed by atoms with Gasteiger partial charge in [0.25, 0.3) is 0 Å². The minimum Gasteiger partial charge on any atom is -0.692 e. The molecular weight excluding hydrogens is 220 g/mol. The fraction of sp³-hybridized carbons (Fsp3) is 0.400. The van der Waals surface area contributed by atoms with Crippen LogP contribution in [0.15, 0.2) is 6.20 Å². The fourth-order valence-corrected chi connectivity index (χ4v) is 1.66. The first-order chi connectivity index (χ1) is 8.00. The van der Waals surface area contributed by atoms with Gasteiger partial charge in [0.1, 0.15) is 19.7 Å². The number of fused-ring (bicyclic) bond motifs is 1. The number of rotatable bonds is 2. The van der Waals surface area contributed by atoms with Gasteiger partial charge in [0.2, 0.25) is 5.52 Å². The first-order valence-corrected chi connectivity index (χ1v) is 5.16. The van der Waals surface area contributed by atoms with Gasteiger partial charge >= 0.3 is 5.65 Å². The lowest BCUT2D eigenvalue weighted by Crippen LogP contribution is -2.30. The van der Waals surface area contributed by atoms with Crippen molar-refractivity contribution in [2.45, 2.75) is 0 Å². The number of aromatic amines is 1. The maximum atomic E-state index is 11.7. The Labute approximate surface area is 98.6 Å². The number of anilines is 1. The monoisotopic (exact) mass is 235 g/mol. The van der Waals surface area contributed by atoms with Crippen molar-refractivity contribution in [1.29, 1.82) is 0 Å². The van der Waals surface area contributed by atoms with Gasteiger partial charge in [-0.05, 0) is 0 Å². The normalized spacial score (nSPS) is 10.6. The molecule has 0 fully saturated rings. The van der Waals surface area contributed by atoms with Crippen molar-refractivity contribution in [3.05, 3.63) is 17.0 Å². The molecule has 0 saturated carbocycles. The standard InChI is InChI=1S/C10H14N6O/c1-14(2)6-7-8(15(3)4)5-11-10-9(7)16(17)13-12-10/h5-6H,1-4H3/p+1. The summed E-state index contributed by atoms with van der Waals surface area (Å²) in [5.41, 5.74) is 2.54. The van der Waals surface area contributed by atoms with E-state index in [1.165, 1.54) is 0 Å². The van der Waals surface area contributed by atoms with Crippen molar-refractivity contribution < 1.29 is 9.42 Å². The molecule has 0 aliphatic carbocycles. The predicted octanol–water partition coefficient (Wildman–Crippen LogP) is -0.652. The highest BCUT2D eigenvalue weighted by atomic mass is 16.5. The molecule has 7 heteroatoms. The third-order valence-corrected chi connectivity index (χ3v) is 2.37. The van der Waals surface area contributed by atoms with Crippen molar-refractivity contribution in [3.8, 4) is 0 Å². The van der Waals surface area contributed by atoms with E-state index in [0.29, 0.717) is 16.0 Å². The van der Waals surface area contributed by atoms with Crippen LogP contribution < -0.4 is 9.75 Å². The Hall–Kier alpha value is -2.18. The summed E-state index contributed by atoms with van der Waals surface area (Å²) in [5, 5.41) is 17.8. The minimum atomic E-state index is 0.415. The average Bonchev–Trinajstić information content (AvgIpc) is 2.60. The number of hydrogen-bond acceptors (Lipinski definition) is 4. The molecule has 2 heterocycles. The highest BCUT2D eigenvalue weighted by Gasteiger charge is 2.20. The smallest absolute Gasteiger partial charge is 0.342 e. The summed E-state index contributed by atoms with van der Waals surface area (Å²) < 4.78 is 1.88. The number of hydrogen-bond donors (Lipinski definition) is 1. The Morgan fingerprint density at radius 3 is 2.76 bits per heavy atom. The molecule has 0 bridgehead atoms. The molecular formula is C10H15N6O+. The second-order valence-corrected chi connectivity index (χ2v) is 4.22. The van der Waals surface area contributed by atoms with E-state index in [2.05, 4.69) is 15.3 Å². The highest BCUT2D eigenvalue weighted by Crippen LogP contribution is 2.20.